The van der Waals surface area contributed by atoms with Crippen molar-refractivity contribution in [2.24, 2.45) is 5.73 Å². The number of hydrogen-bond acceptors (Lipinski definition) is 3. The Balaban J connectivity index is 2.66. The smallest absolute Gasteiger partial charge is 0.0641 e. The van der Waals surface area contributed by atoms with E-state index in [0.717, 1.165) is 30.7 Å². The summed E-state index contributed by atoms with van der Waals surface area (Å²) in [6, 6.07) is 6.61. The highest BCUT2D eigenvalue weighted by Gasteiger charge is 2.07. The van der Waals surface area contributed by atoms with E-state index in [0.29, 0.717) is 0 Å². The van der Waals surface area contributed by atoms with Gasteiger partial charge in [-0.05, 0) is 53.9 Å². The van der Waals surface area contributed by atoms with Crippen molar-refractivity contribution in [3.8, 4) is 0 Å². The Hall–Kier alpha value is -0.580. The van der Waals surface area contributed by atoms with Crippen molar-refractivity contribution < 1.29 is 4.74 Å². The highest BCUT2D eigenvalue weighted by molar-refractivity contribution is 9.10. The average Bonchev–Trinajstić information content (AvgIpc) is 2.28. The lowest BCUT2D eigenvalue weighted by Gasteiger charge is -2.21. The fraction of sp³-hybridized carbons (Fsp3) is 0.571. The minimum absolute atomic E-state index is 0.193. The van der Waals surface area contributed by atoms with Crippen molar-refractivity contribution in [1.29, 1.82) is 0 Å². The zero-order chi connectivity index (χ0) is 13.5. The third kappa shape index (κ3) is 4.96. The highest BCUT2D eigenvalue weighted by atomic mass is 79.9. The molecule has 0 fully saturated rings. The van der Waals surface area contributed by atoms with Crippen molar-refractivity contribution in [1.82, 2.24) is 0 Å². The quantitative estimate of drug-likeness (QED) is 0.786. The van der Waals surface area contributed by atoms with Gasteiger partial charge in [-0.15, -0.1) is 0 Å². The number of nitrogens with zero attached hydrogens (tertiary/aromatic N) is 1. The lowest BCUT2D eigenvalue weighted by molar-refractivity contribution is 0.154. The predicted octanol–water partition coefficient (Wildman–Crippen LogP) is 2.81. The van der Waals surface area contributed by atoms with Crippen LogP contribution in [0.4, 0.5) is 5.69 Å². The first-order chi connectivity index (χ1) is 8.54. The van der Waals surface area contributed by atoms with Gasteiger partial charge in [0.25, 0.3) is 0 Å². The van der Waals surface area contributed by atoms with Gasteiger partial charge in [-0.2, -0.15) is 0 Å². The maximum atomic E-state index is 5.81. The van der Waals surface area contributed by atoms with Gasteiger partial charge in [0.2, 0.25) is 0 Å². The molecule has 0 aliphatic carbocycles. The SMILES string of the molecule is CCOCCN(C)c1ccc(CC(C)N)cc1Br. The monoisotopic (exact) mass is 314 g/mol. The Bertz CT molecular complexity index is 369. The van der Waals surface area contributed by atoms with E-state index in [9.17, 15) is 0 Å². The fourth-order valence-corrected chi connectivity index (χ4v) is 2.55. The molecule has 1 rings (SSSR count). The van der Waals surface area contributed by atoms with Gasteiger partial charge in [0.15, 0.2) is 0 Å². The molecule has 1 aromatic rings. The summed E-state index contributed by atoms with van der Waals surface area (Å²) in [6.45, 7) is 6.44. The van der Waals surface area contributed by atoms with Crippen LogP contribution in [0.15, 0.2) is 22.7 Å². The summed E-state index contributed by atoms with van der Waals surface area (Å²) < 4.78 is 6.48. The number of benzene rings is 1. The first-order valence-corrected chi connectivity index (χ1v) is 7.16. The van der Waals surface area contributed by atoms with Crippen molar-refractivity contribution in [2.75, 3.05) is 31.7 Å². The van der Waals surface area contributed by atoms with Gasteiger partial charge in [-0.25, -0.2) is 0 Å². The molecular weight excluding hydrogens is 292 g/mol. The molecular formula is C14H23BrN2O. The standard InChI is InChI=1S/C14H23BrN2O/c1-4-18-8-7-17(3)14-6-5-12(9-11(2)16)10-13(14)15/h5-6,10-11H,4,7-9,16H2,1-3H3. The molecule has 0 spiro atoms. The van der Waals surface area contributed by atoms with Crippen LogP contribution in [-0.4, -0.2) is 32.8 Å². The summed E-state index contributed by atoms with van der Waals surface area (Å²) in [4.78, 5) is 2.19. The Morgan fingerprint density at radius 3 is 2.72 bits per heavy atom. The Morgan fingerprint density at radius 1 is 1.44 bits per heavy atom. The van der Waals surface area contributed by atoms with Crippen LogP contribution in [0.1, 0.15) is 19.4 Å². The number of halogens is 1. The summed E-state index contributed by atoms with van der Waals surface area (Å²) in [5.41, 5.74) is 8.26. The molecule has 18 heavy (non-hydrogen) atoms. The van der Waals surface area contributed by atoms with Gasteiger partial charge in [0.1, 0.15) is 0 Å². The summed E-state index contributed by atoms with van der Waals surface area (Å²) in [7, 11) is 2.07. The second-order valence-electron chi connectivity index (χ2n) is 4.59. The zero-order valence-electron chi connectivity index (χ0n) is 11.4. The summed E-state index contributed by atoms with van der Waals surface area (Å²) in [5, 5.41) is 0. The molecule has 3 nitrogen and oxygen atoms in total. The van der Waals surface area contributed by atoms with E-state index in [1.54, 1.807) is 0 Å². The number of anilines is 1. The second kappa shape index (κ2) is 7.77. The van der Waals surface area contributed by atoms with Crippen molar-refractivity contribution in [3.05, 3.63) is 28.2 Å². The maximum Gasteiger partial charge on any atom is 0.0641 e. The second-order valence-corrected chi connectivity index (χ2v) is 5.44. The molecule has 0 saturated heterocycles. The lowest BCUT2D eigenvalue weighted by atomic mass is 10.1. The van der Waals surface area contributed by atoms with Crippen LogP contribution in [0.5, 0.6) is 0 Å². The number of nitrogens with two attached hydrogens (primary N) is 1. The van der Waals surface area contributed by atoms with Crippen molar-refractivity contribution in [3.63, 3.8) is 0 Å². The fourth-order valence-electron chi connectivity index (χ4n) is 1.82. The van der Waals surface area contributed by atoms with E-state index < -0.39 is 0 Å². The largest absolute Gasteiger partial charge is 0.380 e. The Morgan fingerprint density at radius 2 is 2.17 bits per heavy atom. The summed E-state index contributed by atoms with van der Waals surface area (Å²) in [6.07, 6.45) is 0.904. The van der Waals surface area contributed by atoms with Crippen LogP contribution in [-0.2, 0) is 11.2 Å². The number of ether oxygens (including phenoxy) is 1. The van der Waals surface area contributed by atoms with Crippen LogP contribution in [0.3, 0.4) is 0 Å². The third-order valence-electron chi connectivity index (χ3n) is 2.76. The molecule has 102 valence electrons. The van der Waals surface area contributed by atoms with Crippen LogP contribution >= 0.6 is 15.9 Å². The van der Waals surface area contributed by atoms with Gasteiger partial charge in [0, 0.05) is 30.7 Å². The number of rotatable bonds is 7. The molecule has 0 aliphatic heterocycles. The molecule has 0 aliphatic rings. The summed E-state index contributed by atoms with van der Waals surface area (Å²) in [5.74, 6) is 0. The molecule has 0 bridgehead atoms. The van der Waals surface area contributed by atoms with E-state index in [2.05, 4.69) is 46.1 Å². The average molecular weight is 315 g/mol. The first kappa shape index (κ1) is 15.5. The molecule has 4 heteroatoms. The minimum atomic E-state index is 0.193. The molecule has 0 radical (unpaired) electrons. The number of hydrogen-bond donors (Lipinski definition) is 1. The molecule has 0 aromatic heterocycles. The molecule has 0 heterocycles. The van der Waals surface area contributed by atoms with Gasteiger partial charge in [-0.1, -0.05) is 6.07 Å². The van der Waals surface area contributed by atoms with E-state index in [4.69, 9.17) is 10.5 Å². The first-order valence-electron chi connectivity index (χ1n) is 6.37. The Labute approximate surface area is 118 Å². The lowest BCUT2D eigenvalue weighted by Crippen LogP contribution is -2.23. The zero-order valence-corrected chi connectivity index (χ0v) is 13.0. The van der Waals surface area contributed by atoms with E-state index in [-0.39, 0.29) is 6.04 Å². The van der Waals surface area contributed by atoms with Gasteiger partial charge >= 0.3 is 0 Å². The van der Waals surface area contributed by atoms with Gasteiger partial charge < -0.3 is 15.4 Å². The van der Waals surface area contributed by atoms with Crippen LogP contribution < -0.4 is 10.6 Å². The third-order valence-corrected chi connectivity index (χ3v) is 3.39. The van der Waals surface area contributed by atoms with Gasteiger partial charge in [-0.3, -0.25) is 0 Å². The van der Waals surface area contributed by atoms with Crippen molar-refractivity contribution in [2.45, 2.75) is 26.3 Å². The van der Waals surface area contributed by atoms with E-state index >= 15 is 0 Å². The summed E-state index contributed by atoms with van der Waals surface area (Å²) >= 11 is 3.62. The van der Waals surface area contributed by atoms with Gasteiger partial charge in [0.05, 0.1) is 12.3 Å². The maximum absolute atomic E-state index is 5.81. The molecule has 0 amide bonds. The topological polar surface area (TPSA) is 38.5 Å². The van der Waals surface area contributed by atoms with E-state index in [1.807, 2.05) is 13.8 Å². The molecule has 1 atom stereocenters. The molecule has 2 N–H and O–H groups in total. The van der Waals surface area contributed by atoms with Crippen LogP contribution in [0.2, 0.25) is 0 Å². The van der Waals surface area contributed by atoms with E-state index in [1.165, 1.54) is 11.3 Å². The Kier molecular flexibility index (Phi) is 6.68. The minimum Gasteiger partial charge on any atom is -0.380 e. The van der Waals surface area contributed by atoms with Crippen LogP contribution in [0.25, 0.3) is 0 Å². The number of likely N-dealkylation sites (N-methyl/N-ethyl adjacent to an activating group) is 1. The van der Waals surface area contributed by atoms with Crippen LogP contribution in [0, 0.1) is 0 Å². The normalized spacial score (nSPS) is 12.5. The van der Waals surface area contributed by atoms with Crippen molar-refractivity contribution >= 4 is 21.6 Å². The predicted molar refractivity (Wildman–Crippen MR) is 81.3 cm³/mol. The highest BCUT2D eigenvalue weighted by Crippen LogP contribution is 2.26. The molecule has 1 aromatic carbocycles. The molecule has 0 saturated carbocycles. The molecule has 1 unspecified atom stereocenters.